The average Bonchev–Trinajstić information content (AvgIpc) is 3.01. The minimum absolute atomic E-state index is 0.159. The highest BCUT2D eigenvalue weighted by atomic mass is 16.5. The zero-order valence-electron chi connectivity index (χ0n) is 17.1. The van der Waals surface area contributed by atoms with Gasteiger partial charge in [-0.1, -0.05) is 6.07 Å². The van der Waals surface area contributed by atoms with E-state index in [9.17, 15) is 4.79 Å². The molecule has 1 aromatic carbocycles. The molecule has 2 aliphatic heterocycles. The van der Waals surface area contributed by atoms with E-state index >= 15 is 0 Å². The molecule has 3 atom stereocenters. The Morgan fingerprint density at radius 1 is 1.00 bits per heavy atom. The number of ether oxygens (including phenoxy) is 2. The topological polar surface area (TPSA) is 42.0 Å². The van der Waals surface area contributed by atoms with Crippen molar-refractivity contribution in [2.24, 2.45) is 5.41 Å². The first kappa shape index (κ1) is 18.6. The lowest BCUT2D eigenvalue weighted by molar-refractivity contribution is -0.138. The Morgan fingerprint density at radius 3 is 2.48 bits per heavy atom. The number of likely N-dealkylation sites (tertiary alicyclic amines) is 2. The van der Waals surface area contributed by atoms with Crippen LogP contribution in [0.25, 0.3) is 0 Å². The van der Waals surface area contributed by atoms with E-state index in [0.717, 1.165) is 56.7 Å². The van der Waals surface area contributed by atoms with E-state index in [-0.39, 0.29) is 10.8 Å². The molecule has 3 fully saturated rings. The van der Waals surface area contributed by atoms with Gasteiger partial charge in [-0.25, -0.2) is 0 Å². The second-order valence-corrected chi connectivity index (χ2v) is 8.92. The molecule has 3 aliphatic rings. The van der Waals surface area contributed by atoms with Gasteiger partial charge >= 0.3 is 0 Å². The van der Waals surface area contributed by atoms with Crippen molar-refractivity contribution in [2.75, 3.05) is 41.4 Å². The maximum absolute atomic E-state index is 12.4. The number of benzene rings is 1. The fourth-order valence-corrected chi connectivity index (χ4v) is 5.85. The number of hydrogen-bond acceptors (Lipinski definition) is 4. The average molecular weight is 373 g/mol. The molecule has 4 rings (SSSR count). The van der Waals surface area contributed by atoms with Gasteiger partial charge in [-0.15, -0.1) is 0 Å². The molecule has 148 valence electrons. The van der Waals surface area contributed by atoms with Crippen LogP contribution in [-0.4, -0.2) is 63.2 Å². The van der Waals surface area contributed by atoms with E-state index in [2.05, 4.69) is 24.1 Å². The fourth-order valence-electron chi connectivity index (χ4n) is 5.85. The largest absolute Gasteiger partial charge is 0.493 e. The third kappa shape index (κ3) is 2.91. The van der Waals surface area contributed by atoms with Crippen LogP contribution in [-0.2, 0) is 10.2 Å². The molecule has 0 N–H and O–H groups in total. The van der Waals surface area contributed by atoms with Crippen LogP contribution in [0.15, 0.2) is 18.2 Å². The van der Waals surface area contributed by atoms with Crippen LogP contribution in [0.2, 0.25) is 0 Å². The predicted octanol–water partition coefficient (Wildman–Crippen LogP) is 3.07. The Bertz CT molecular complexity index is 736. The normalized spacial score (nSPS) is 34.0. The maximum atomic E-state index is 12.4. The van der Waals surface area contributed by atoms with Crippen molar-refractivity contribution in [3.05, 3.63) is 23.8 Å². The number of likely N-dealkylation sites (N-methyl/N-ethyl adjacent to an activating group) is 1. The number of rotatable bonds is 3. The fraction of sp³-hybridized carbons (Fsp3) is 0.682. The number of amides is 1. The summed E-state index contributed by atoms with van der Waals surface area (Å²) in [5, 5.41) is 0. The molecular weight excluding hydrogens is 340 g/mol. The third-order valence-electron chi connectivity index (χ3n) is 7.70. The number of fused-ring (bicyclic) bond motifs is 1. The molecule has 2 saturated heterocycles. The van der Waals surface area contributed by atoms with E-state index in [4.69, 9.17) is 9.47 Å². The molecule has 5 heteroatoms. The molecule has 1 saturated carbocycles. The van der Waals surface area contributed by atoms with Gasteiger partial charge in [0.25, 0.3) is 0 Å². The molecule has 27 heavy (non-hydrogen) atoms. The summed E-state index contributed by atoms with van der Waals surface area (Å²) in [5.74, 6) is 1.92. The van der Waals surface area contributed by atoms with E-state index in [1.165, 1.54) is 12.0 Å². The highest BCUT2D eigenvalue weighted by Crippen LogP contribution is 2.57. The Labute approximate surface area is 162 Å². The van der Waals surface area contributed by atoms with Crippen LogP contribution in [0, 0.1) is 5.41 Å². The van der Waals surface area contributed by atoms with Crippen molar-refractivity contribution in [3.8, 4) is 11.5 Å². The van der Waals surface area contributed by atoms with Gasteiger partial charge in [0.05, 0.1) is 14.2 Å². The molecule has 0 radical (unpaired) electrons. The second kappa shape index (κ2) is 6.69. The Balaban J connectivity index is 1.67. The quantitative estimate of drug-likeness (QED) is 0.818. The van der Waals surface area contributed by atoms with E-state index in [1.54, 1.807) is 14.2 Å². The van der Waals surface area contributed by atoms with Gasteiger partial charge in [0.1, 0.15) is 0 Å². The van der Waals surface area contributed by atoms with Crippen LogP contribution in [0.5, 0.6) is 11.5 Å². The first-order valence-electron chi connectivity index (χ1n) is 10.1. The summed E-state index contributed by atoms with van der Waals surface area (Å²) in [7, 11) is 7.58. The van der Waals surface area contributed by atoms with Crippen molar-refractivity contribution in [2.45, 2.75) is 50.0 Å². The number of piperidine rings is 1. The second-order valence-electron chi connectivity index (χ2n) is 8.92. The van der Waals surface area contributed by atoms with Gasteiger partial charge in [-0.3, -0.25) is 4.79 Å². The molecule has 1 spiro atoms. The lowest BCUT2D eigenvalue weighted by atomic mass is 9.56. The number of hydrogen-bond donors (Lipinski definition) is 0. The molecular formula is C22H32N2O3. The summed E-state index contributed by atoms with van der Waals surface area (Å²) in [6.45, 7) is 2.02. The van der Waals surface area contributed by atoms with E-state index in [0.29, 0.717) is 11.9 Å². The van der Waals surface area contributed by atoms with Gasteiger partial charge < -0.3 is 19.3 Å². The van der Waals surface area contributed by atoms with Crippen LogP contribution >= 0.6 is 0 Å². The minimum Gasteiger partial charge on any atom is -0.493 e. The molecule has 1 aromatic rings. The molecule has 0 bridgehead atoms. The predicted molar refractivity (Wildman–Crippen MR) is 105 cm³/mol. The van der Waals surface area contributed by atoms with Gasteiger partial charge in [0.15, 0.2) is 11.5 Å². The highest BCUT2D eigenvalue weighted by molar-refractivity contribution is 5.77. The molecule has 0 aromatic heterocycles. The number of methoxy groups -OCH3 is 2. The summed E-state index contributed by atoms with van der Waals surface area (Å²) in [5.41, 5.74) is 1.71. The third-order valence-corrected chi connectivity index (χ3v) is 7.70. The Morgan fingerprint density at radius 2 is 1.78 bits per heavy atom. The van der Waals surface area contributed by atoms with Gasteiger partial charge in [0, 0.05) is 31.5 Å². The minimum atomic E-state index is 0.159. The van der Waals surface area contributed by atoms with Crippen LogP contribution in [0.3, 0.4) is 0 Å². The smallest absolute Gasteiger partial charge is 0.222 e. The van der Waals surface area contributed by atoms with Crippen molar-refractivity contribution in [1.29, 1.82) is 0 Å². The Hall–Kier alpha value is -1.75. The monoisotopic (exact) mass is 372 g/mol. The van der Waals surface area contributed by atoms with E-state index < -0.39 is 0 Å². The zero-order valence-corrected chi connectivity index (χ0v) is 17.1. The summed E-state index contributed by atoms with van der Waals surface area (Å²) in [4.78, 5) is 16.9. The first-order valence-corrected chi connectivity index (χ1v) is 10.1. The lowest BCUT2D eigenvalue weighted by Crippen LogP contribution is -2.53. The lowest BCUT2D eigenvalue weighted by Gasteiger charge is -2.52. The van der Waals surface area contributed by atoms with Crippen molar-refractivity contribution >= 4 is 5.91 Å². The first-order chi connectivity index (χ1) is 12.9. The van der Waals surface area contributed by atoms with Gasteiger partial charge in [-0.05, 0) is 68.8 Å². The summed E-state index contributed by atoms with van der Waals surface area (Å²) < 4.78 is 11.0. The summed E-state index contributed by atoms with van der Waals surface area (Å²) >= 11 is 0. The molecule has 1 aliphatic carbocycles. The SMILES string of the molecule is COc1ccc(C23CCN(C)C2CC2(CCN(C)C(=O)C2)CC3)cc1OC. The van der Waals surface area contributed by atoms with Crippen LogP contribution < -0.4 is 9.47 Å². The maximum Gasteiger partial charge on any atom is 0.222 e. The van der Waals surface area contributed by atoms with Crippen LogP contribution in [0.1, 0.15) is 44.1 Å². The van der Waals surface area contributed by atoms with Crippen molar-refractivity contribution in [3.63, 3.8) is 0 Å². The molecule has 1 amide bonds. The van der Waals surface area contributed by atoms with Gasteiger partial charge in [-0.2, -0.15) is 0 Å². The van der Waals surface area contributed by atoms with Crippen molar-refractivity contribution in [1.82, 2.24) is 9.80 Å². The molecule has 2 heterocycles. The number of nitrogens with zero attached hydrogens (tertiary/aromatic N) is 2. The summed E-state index contributed by atoms with van der Waals surface area (Å²) in [6.07, 6.45) is 6.45. The Kier molecular flexibility index (Phi) is 4.61. The standard InChI is InChI=1S/C22H32N2O3/c1-23-12-10-22(16-5-6-17(26-3)18(13-16)27-4)8-7-21(14-19(22)23)9-11-24(2)20(25)15-21/h5-6,13,19H,7-12,14-15H2,1-4H3. The number of carbonyl (C=O) groups excluding carboxylic acids is 1. The van der Waals surface area contributed by atoms with E-state index in [1.807, 2.05) is 18.0 Å². The highest BCUT2D eigenvalue weighted by Gasteiger charge is 2.55. The van der Waals surface area contributed by atoms with Gasteiger partial charge in [0.2, 0.25) is 5.91 Å². The van der Waals surface area contributed by atoms with Crippen LogP contribution in [0.4, 0.5) is 0 Å². The molecule has 3 unspecified atom stereocenters. The molecule has 5 nitrogen and oxygen atoms in total. The van der Waals surface area contributed by atoms with Crippen molar-refractivity contribution < 1.29 is 14.3 Å². The number of carbonyl (C=O) groups is 1. The zero-order chi connectivity index (χ0) is 19.2. The summed E-state index contributed by atoms with van der Waals surface area (Å²) in [6, 6.07) is 6.94.